The third-order valence-corrected chi connectivity index (χ3v) is 10.2. The van der Waals surface area contributed by atoms with Gasteiger partial charge in [-0.05, 0) is 88.5 Å². The van der Waals surface area contributed by atoms with Crippen LogP contribution in [-0.4, -0.2) is 143 Å². The SMILES string of the molecule is CC(C)C[C@H](NC(=O)CNC(=O)[C@@H]1CCCN1C(=O)[C@@H](N)CCCN=C(N)N)C(=O)N[C@H](CC(C)C)C(=O)N[C@@H](CC(=O)O)C(=O)N[C@@H](CC(C)C)C(=O)N[C@@H](CCCCN)C(=O)O. The van der Waals surface area contributed by atoms with Gasteiger partial charge in [-0.3, -0.25) is 43.3 Å². The van der Waals surface area contributed by atoms with Gasteiger partial charge in [-0.25, -0.2) is 4.79 Å². The lowest BCUT2D eigenvalue weighted by Gasteiger charge is -2.28. The first-order chi connectivity index (χ1) is 30.0. The lowest BCUT2D eigenvalue weighted by atomic mass is 9.99. The molecule has 0 saturated carbocycles. The standard InChI is InChI=1S/C41H74N12O11/c1-22(2)17-27(48-32(54)21-47-38(61)31-13-10-16-53(31)39(62)25(43)11-9-15-46-41(44)45)34(57)50-29(19-24(5)6)36(59)52-30(20-33(55)56)37(60)51-28(18-23(3)4)35(58)49-26(40(63)64)12-7-8-14-42/h22-31H,7-21,42-43H2,1-6H3,(H,47,61)(H,48,54)(H,49,58)(H,50,57)(H,51,60)(H,52,59)(H,55,56)(H,63,64)(H4,44,45,46)/t25-,26-,27-,28-,29+,30-,31-/m0/s1. The van der Waals surface area contributed by atoms with E-state index in [1.165, 1.54) is 4.90 Å². The average molecular weight is 911 g/mol. The molecule has 0 aromatic rings. The van der Waals surface area contributed by atoms with E-state index in [1.807, 2.05) is 0 Å². The second-order valence-corrected chi connectivity index (χ2v) is 17.4. The molecule has 364 valence electrons. The zero-order valence-corrected chi connectivity index (χ0v) is 38.2. The lowest BCUT2D eigenvalue weighted by Crippen LogP contribution is -2.59. The molecular formula is C41H74N12O11. The van der Waals surface area contributed by atoms with E-state index in [0.717, 1.165) is 0 Å². The fourth-order valence-corrected chi connectivity index (χ4v) is 7.02. The number of nitrogens with two attached hydrogens (primary N) is 4. The number of unbranched alkanes of at least 4 members (excludes halogenated alkanes) is 1. The summed E-state index contributed by atoms with van der Waals surface area (Å²) in [4.78, 5) is 123. The van der Waals surface area contributed by atoms with Gasteiger partial charge in [-0.15, -0.1) is 0 Å². The van der Waals surface area contributed by atoms with Gasteiger partial charge in [0.15, 0.2) is 5.96 Å². The van der Waals surface area contributed by atoms with Gasteiger partial charge in [-0.1, -0.05) is 41.5 Å². The van der Waals surface area contributed by atoms with Crippen molar-refractivity contribution in [1.29, 1.82) is 0 Å². The number of likely N-dealkylation sites (tertiary alicyclic amines) is 1. The zero-order valence-electron chi connectivity index (χ0n) is 38.2. The van der Waals surface area contributed by atoms with Crippen molar-refractivity contribution in [2.75, 3.05) is 26.2 Å². The molecule has 16 N–H and O–H groups in total. The first kappa shape index (κ1) is 56.4. The molecule has 0 unspecified atom stereocenters. The van der Waals surface area contributed by atoms with Crippen LogP contribution in [0.2, 0.25) is 0 Å². The lowest BCUT2D eigenvalue weighted by molar-refractivity contribution is -0.143. The van der Waals surface area contributed by atoms with E-state index in [1.54, 1.807) is 41.5 Å². The third kappa shape index (κ3) is 21.7. The number of hydrogen-bond donors (Lipinski definition) is 12. The van der Waals surface area contributed by atoms with Gasteiger partial charge in [0.1, 0.15) is 36.3 Å². The molecule has 0 radical (unpaired) electrons. The number of nitrogens with one attached hydrogen (secondary N) is 6. The normalized spacial score (nSPS) is 16.4. The highest BCUT2D eigenvalue weighted by molar-refractivity contribution is 5.98. The summed E-state index contributed by atoms with van der Waals surface area (Å²) in [6.45, 7) is 11.0. The topological polar surface area (TPSA) is 386 Å². The Balaban J connectivity index is 3.12. The number of aliphatic carboxylic acids is 2. The average Bonchev–Trinajstić information content (AvgIpc) is 3.69. The van der Waals surface area contributed by atoms with Crippen LogP contribution in [-0.2, 0) is 43.2 Å². The molecule has 1 aliphatic heterocycles. The summed E-state index contributed by atoms with van der Waals surface area (Å²) < 4.78 is 0. The summed E-state index contributed by atoms with van der Waals surface area (Å²) in [7, 11) is 0. The first-order valence-corrected chi connectivity index (χ1v) is 22.0. The van der Waals surface area contributed by atoms with Crippen molar-refractivity contribution in [2.45, 2.75) is 154 Å². The molecule has 1 aliphatic rings. The van der Waals surface area contributed by atoms with Crippen molar-refractivity contribution >= 4 is 59.2 Å². The van der Waals surface area contributed by atoms with Crippen LogP contribution in [0.25, 0.3) is 0 Å². The minimum atomic E-state index is -1.72. The van der Waals surface area contributed by atoms with Gasteiger partial charge < -0.3 is 69.9 Å². The molecule has 0 aliphatic carbocycles. The molecule has 1 saturated heterocycles. The summed E-state index contributed by atoms with van der Waals surface area (Å²) in [5.41, 5.74) is 22.3. The molecule has 23 heteroatoms. The van der Waals surface area contributed by atoms with E-state index >= 15 is 0 Å². The number of carboxylic acid groups (broad SMARTS) is 2. The maximum Gasteiger partial charge on any atom is 0.326 e. The highest BCUT2D eigenvalue weighted by Gasteiger charge is 2.37. The molecule has 1 heterocycles. The molecular weight excluding hydrogens is 837 g/mol. The Kier molecular flexibility index (Phi) is 25.6. The number of carbonyl (C=O) groups excluding carboxylic acids is 7. The number of aliphatic imine (C=N–C) groups is 1. The second kappa shape index (κ2) is 29.0. The number of carbonyl (C=O) groups is 9. The first-order valence-electron chi connectivity index (χ1n) is 22.0. The van der Waals surface area contributed by atoms with Gasteiger partial charge in [0.05, 0.1) is 19.0 Å². The minimum Gasteiger partial charge on any atom is -0.481 e. The molecule has 1 rings (SSSR count). The molecule has 0 bridgehead atoms. The van der Waals surface area contributed by atoms with Gasteiger partial charge in [0.2, 0.25) is 41.4 Å². The molecule has 0 aromatic heterocycles. The van der Waals surface area contributed by atoms with Crippen molar-refractivity contribution in [2.24, 2.45) is 45.7 Å². The summed E-state index contributed by atoms with van der Waals surface area (Å²) in [6, 6.07) is -8.52. The number of rotatable bonds is 30. The fraction of sp³-hybridized carbons (Fsp3) is 0.756. The van der Waals surface area contributed by atoms with E-state index < -0.39 is 109 Å². The predicted molar refractivity (Wildman–Crippen MR) is 236 cm³/mol. The predicted octanol–water partition coefficient (Wildman–Crippen LogP) is -2.27. The number of amides is 7. The van der Waals surface area contributed by atoms with Gasteiger partial charge in [0, 0.05) is 13.1 Å². The molecule has 7 amide bonds. The number of nitrogens with zero attached hydrogens (tertiary/aromatic N) is 2. The van der Waals surface area contributed by atoms with Crippen molar-refractivity contribution < 1.29 is 53.4 Å². The van der Waals surface area contributed by atoms with Crippen LogP contribution >= 0.6 is 0 Å². The highest BCUT2D eigenvalue weighted by Crippen LogP contribution is 2.19. The smallest absolute Gasteiger partial charge is 0.326 e. The van der Waals surface area contributed by atoms with Crippen LogP contribution in [0.15, 0.2) is 4.99 Å². The van der Waals surface area contributed by atoms with Gasteiger partial charge in [-0.2, -0.15) is 0 Å². The Morgan fingerprint density at radius 1 is 0.672 bits per heavy atom. The van der Waals surface area contributed by atoms with E-state index in [0.29, 0.717) is 45.2 Å². The summed E-state index contributed by atoms with van der Waals surface area (Å²) in [5.74, 6) is -8.58. The van der Waals surface area contributed by atoms with Crippen molar-refractivity contribution in [3.05, 3.63) is 0 Å². The van der Waals surface area contributed by atoms with Crippen LogP contribution in [0, 0.1) is 17.8 Å². The monoisotopic (exact) mass is 911 g/mol. The largest absolute Gasteiger partial charge is 0.481 e. The Morgan fingerprint density at radius 3 is 1.62 bits per heavy atom. The highest BCUT2D eigenvalue weighted by atomic mass is 16.4. The van der Waals surface area contributed by atoms with Crippen molar-refractivity contribution in [3.8, 4) is 0 Å². The summed E-state index contributed by atoms with van der Waals surface area (Å²) >= 11 is 0. The second-order valence-electron chi connectivity index (χ2n) is 17.4. The molecule has 64 heavy (non-hydrogen) atoms. The quantitative estimate of drug-likeness (QED) is 0.0205. The summed E-state index contributed by atoms with van der Waals surface area (Å²) in [6.07, 6.45) is 1.97. The van der Waals surface area contributed by atoms with Crippen molar-refractivity contribution in [1.82, 2.24) is 36.8 Å². The maximum absolute atomic E-state index is 13.8. The number of carboxylic acids is 2. The zero-order chi connectivity index (χ0) is 48.7. The number of hydrogen-bond acceptors (Lipinski definition) is 12. The van der Waals surface area contributed by atoms with E-state index in [2.05, 4.69) is 36.9 Å². The molecule has 1 fully saturated rings. The van der Waals surface area contributed by atoms with Crippen LogP contribution in [0.1, 0.15) is 112 Å². The molecule has 23 nitrogen and oxygen atoms in total. The number of guanidine groups is 1. The Hall–Kier alpha value is -5.58. The van der Waals surface area contributed by atoms with Gasteiger partial charge in [0.25, 0.3) is 0 Å². The van der Waals surface area contributed by atoms with E-state index in [9.17, 15) is 53.4 Å². The van der Waals surface area contributed by atoms with Crippen LogP contribution < -0.4 is 54.8 Å². The fourth-order valence-electron chi connectivity index (χ4n) is 7.02. The molecule has 0 spiro atoms. The van der Waals surface area contributed by atoms with Crippen LogP contribution in [0.4, 0.5) is 0 Å². The molecule has 7 atom stereocenters. The third-order valence-electron chi connectivity index (χ3n) is 10.2. The van der Waals surface area contributed by atoms with Crippen LogP contribution in [0.5, 0.6) is 0 Å². The Labute approximate surface area is 375 Å². The Morgan fingerprint density at radius 2 is 1.16 bits per heavy atom. The Bertz CT molecular complexity index is 1620. The van der Waals surface area contributed by atoms with Crippen molar-refractivity contribution in [3.63, 3.8) is 0 Å². The maximum atomic E-state index is 13.8. The minimum absolute atomic E-state index is 0.0348. The summed E-state index contributed by atoms with van der Waals surface area (Å²) in [5, 5.41) is 34.4. The van der Waals surface area contributed by atoms with Gasteiger partial charge >= 0.3 is 11.9 Å². The van der Waals surface area contributed by atoms with E-state index in [4.69, 9.17) is 22.9 Å². The van der Waals surface area contributed by atoms with E-state index in [-0.39, 0.29) is 62.4 Å². The molecule has 0 aromatic carbocycles. The van der Waals surface area contributed by atoms with Crippen LogP contribution in [0.3, 0.4) is 0 Å².